The summed E-state index contributed by atoms with van der Waals surface area (Å²) < 4.78 is 27.1. The minimum atomic E-state index is -0.668. The molecule has 0 aliphatic heterocycles. The third-order valence-electron chi connectivity index (χ3n) is 3.05. The highest BCUT2D eigenvalue weighted by Gasteiger charge is 2.16. The third-order valence-corrected chi connectivity index (χ3v) is 3.41. The van der Waals surface area contributed by atoms with Gasteiger partial charge in [0.15, 0.2) is 0 Å². The van der Waals surface area contributed by atoms with Crippen LogP contribution in [0.2, 0.25) is 5.02 Å². The van der Waals surface area contributed by atoms with Crippen LogP contribution in [0.5, 0.6) is 0 Å². The van der Waals surface area contributed by atoms with E-state index in [4.69, 9.17) is 17.3 Å². The molecule has 2 rings (SSSR count). The lowest BCUT2D eigenvalue weighted by atomic mass is 10.1. The molecule has 0 radical (unpaired) electrons. The zero-order valence-corrected chi connectivity index (χ0v) is 12.0. The first-order valence-electron chi connectivity index (χ1n) is 6.13. The van der Waals surface area contributed by atoms with Gasteiger partial charge in [-0.2, -0.15) is 0 Å². The molecule has 0 aliphatic rings. The molecule has 21 heavy (non-hydrogen) atoms. The van der Waals surface area contributed by atoms with Gasteiger partial charge in [-0.1, -0.05) is 17.7 Å². The molecule has 3 nitrogen and oxygen atoms in total. The molecular weight excluding hydrogens is 298 g/mol. The maximum absolute atomic E-state index is 13.7. The first-order valence-corrected chi connectivity index (χ1v) is 6.51. The summed E-state index contributed by atoms with van der Waals surface area (Å²) in [6.07, 6.45) is 0. The third kappa shape index (κ3) is 3.31. The minimum Gasteiger partial charge on any atom is -0.396 e. The van der Waals surface area contributed by atoms with E-state index in [-0.39, 0.29) is 28.4 Å². The standard InChI is InChI=1S/C15H13ClF2N2O/c1-20(8-10-11(16)3-2-4-12(10)17)15(21)9-5-6-14(19)13(18)7-9/h2-7H,8,19H2,1H3. The Morgan fingerprint density at radius 2 is 1.95 bits per heavy atom. The second-order valence-electron chi connectivity index (χ2n) is 4.60. The molecule has 0 aliphatic carbocycles. The Bertz CT molecular complexity index is 671. The van der Waals surface area contributed by atoms with Gasteiger partial charge >= 0.3 is 0 Å². The van der Waals surface area contributed by atoms with Gasteiger partial charge in [-0.15, -0.1) is 0 Å². The number of rotatable bonds is 3. The van der Waals surface area contributed by atoms with Crippen molar-refractivity contribution in [2.45, 2.75) is 6.54 Å². The first-order chi connectivity index (χ1) is 9.90. The summed E-state index contributed by atoms with van der Waals surface area (Å²) in [6, 6.07) is 8.08. The number of benzene rings is 2. The second-order valence-corrected chi connectivity index (χ2v) is 5.00. The van der Waals surface area contributed by atoms with Gasteiger partial charge in [-0.05, 0) is 30.3 Å². The van der Waals surface area contributed by atoms with Crippen molar-refractivity contribution in [2.75, 3.05) is 12.8 Å². The Morgan fingerprint density at radius 3 is 2.57 bits per heavy atom. The van der Waals surface area contributed by atoms with E-state index in [1.54, 1.807) is 6.07 Å². The molecule has 0 unspecified atom stereocenters. The Hall–Kier alpha value is -2.14. The van der Waals surface area contributed by atoms with Crippen LogP contribution in [0.25, 0.3) is 0 Å². The summed E-state index contributed by atoms with van der Waals surface area (Å²) >= 11 is 5.92. The molecule has 0 spiro atoms. The van der Waals surface area contributed by atoms with Crippen LogP contribution in [0.3, 0.4) is 0 Å². The number of halogens is 3. The van der Waals surface area contributed by atoms with E-state index >= 15 is 0 Å². The summed E-state index contributed by atoms with van der Waals surface area (Å²) in [5.74, 6) is -1.61. The number of nitrogen functional groups attached to an aromatic ring is 1. The second kappa shape index (κ2) is 6.10. The quantitative estimate of drug-likeness (QED) is 0.882. The molecule has 0 atom stereocenters. The number of nitrogens with zero attached hydrogens (tertiary/aromatic N) is 1. The maximum atomic E-state index is 13.7. The zero-order chi connectivity index (χ0) is 15.6. The number of hydrogen-bond acceptors (Lipinski definition) is 2. The molecule has 2 N–H and O–H groups in total. The zero-order valence-electron chi connectivity index (χ0n) is 11.2. The van der Waals surface area contributed by atoms with Gasteiger partial charge in [-0.3, -0.25) is 4.79 Å². The monoisotopic (exact) mass is 310 g/mol. The van der Waals surface area contributed by atoms with E-state index < -0.39 is 17.5 Å². The van der Waals surface area contributed by atoms with E-state index in [1.807, 2.05) is 0 Å². The number of carbonyl (C=O) groups excluding carboxylic acids is 1. The molecule has 0 aromatic heterocycles. The van der Waals surface area contributed by atoms with E-state index in [9.17, 15) is 13.6 Å². The molecule has 1 amide bonds. The van der Waals surface area contributed by atoms with Gasteiger partial charge in [0.2, 0.25) is 0 Å². The lowest BCUT2D eigenvalue weighted by Crippen LogP contribution is -2.27. The Labute approximate surface area is 125 Å². The lowest BCUT2D eigenvalue weighted by molar-refractivity contribution is 0.0783. The van der Waals surface area contributed by atoms with Crippen LogP contribution in [0.4, 0.5) is 14.5 Å². The average Bonchev–Trinajstić information content (AvgIpc) is 2.45. The van der Waals surface area contributed by atoms with Crippen molar-refractivity contribution in [1.82, 2.24) is 4.90 Å². The molecule has 0 saturated carbocycles. The molecular formula is C15H13ClF2N2O. The van der Waals surface area contributed by atoms with Gasteiger partial charge in [-0.25, -0.2) is 8.78 Å². The van der Waals surface area contributed by atoms with Crippen LogP contribution in [-0.4, -0.2) is 17.9 Å². The van der Waals surface area contributed by atoms with E-state index in [2.05, 4.69) is 0 Å². The smallest absolute Gasteiger partial charge is 0.254 e. The summed E-state index contributed by atoms with van der Waals surface area (Å²) in [4.78, 5) is 13.4. The Morgan fingerprint density at radius 1 is 1.24 bits per heavy atom. The largest absolute Gasteiger partial charge is 0.396 e. The summed E-state index contributed by atoms with van der Waals surface area (Å²) in [5.41, 5.74) is 5.68. The topological polar surface area (TPSA) is 46.3 Å². The normalized spacial score (nSPS) is 10.5. The molecule has 110 valence electrons. The van der Waals surface area contributed by atoms with E-state index in [0.29, 0.717) is 0 Å². The van der Waals surface area contributed by atoms with Crippen molar-refractivity contribution in [1.29, 1.82) is 0 Å². The van der Waals surface area contributed by atoms with E-state index in [1.165, 1.54) is 36.2 Å². The Balaban J connectivity index is 2.21. The molecule has 0 saturated heterocycles. The van der Waals surface area contributed by atoms with Crippen molar-refractivity contribution in [2.24, 2.45) is 0 Å². The fourth-order valence-corrected chi connectivity index (χ4v) is 2.10. The van der Waals surface area contributed by atoms with Gasteiger partial charge in [0.25, 0.3) is 5.91 Å². The molecule has 2 aromatic carbocycles. The van der Waals surface area contributed by atoms with E-state index in [0.717, 1.165) is 6.07 Å². The number of nitrogens with two attached hydrogens (primary N) is 1. The van der Waals surface area contributed by atoms with Gasteiger partial charge in [0, 0.05) is 29.7 Å². The van der Waals surface area contributed by atoms with Crippen molar-refractivity contribution >= 4 is 23.2 Å². The fourth-order valence-electron chi connectivity index (χ4n) is 1.87. The highest BCUT2D eigenvalue weighted by Crippen LogP contribution is 2.21. The summed E-state index contributed by atoms with van der Waals surface area (Å²) in [6.45, 7) is -0.0175. The molecule has 0 bridgehead atoms. The molecule has 0 heterocycles. The lowest BCUT2D eigenvalue weighted by Gasteiger charge is -2.18. The number of amides is 1. The number of carbonyl (C=O) groups is 1. The highest BCUT2D eigenvalue weighted by molar-refractivity contribution is 6.31. The highest BCUT2D eigenvalue weighted by atomic mass is 35.5. The fraction of sp³-hybridized carbons (Fsp3) is 0.133. The first kappa shape index (κ1) is 15.3. The maximum Gasteiger partial charge on any atom is 0.254 e. The molecule has 6 heteroatoms. The van der Waals surface area contributed by atoms with Crippen molar-refractivity contribution in [3.8, 4) is 0 Å². The van der Waals surface area contributed by atoms with Crippen molar-refractivity contribution < 1.29 is 13.6 Å². The van der Waals surface area contributed by atoms with Gasteiger partial charge < -0.3 is 10.6 Å². The van der Waals surface area contributed by atoms with Crippen LogP contribution >= 0.6 is 11.6 Å². The Kier molecular flexibility index (Phi) is 4.43. The van der Waals surface area contributed by atoms with Crippen LogP contribution in [0.15, 0.2) is 36.4 Å². The number of anilines is 1. The van der Waals surface area contributed by atoms with Crippen LogP contribution in [-0.2, 0) is 6.54 Å². The van der Waals surface area contributed by atoms with Crippen molar-refractivity contribution in [3.63, 3.8) is 0 Å². The van der Waals surface area contributed by atoms with Gasteiger partial charge in [0.1, 0.15) is 11.6 Å². The van der Waals surface area contributed by atoms with Crippen LogP contribution in [0, 0.1) is 11.6 Å². The summed E-state index contributed by atoms with van der Waals surface area (Å²) in [5, 5.41) is 0.234. The minimum absolute atomic E-state index is 0.0175. The summed E-state index contributed by atoms with van der Waals surface area (Å²) in [7, 11) is 1.49. The predicted octanol–water partition coefficient (Wildman–Crippen LogP) is 3.47. The predicted molar refractivity (Wildman–Crippen MR) is 78.0 cm³/mol. The molecule has 2 aromatic rings. The average molecular weight is 311 g/mol. The van der Waals surface area contributed by atoms with Crippen LogP contribution in [0.1, 0.15) is 15.9 Å². The van der Waals surface area contributed by atoms with Gasteiger partial charge in [0.05, 0.1) is 5.69 Å². The molecule has 0 fully saturated rings. The van der Waals surface area contributed by atoms with Crippen molar-refractivity contribution in [3.05, 3.63) is 64.2 Å². The van der Waals surface area contributed by atoms with Crippen LogP contribution < -0.4 is 5.73 Å². The SMILES string of the molecule is CN(Cc1c(F)cccc1Cl)C(=O)c1ccc(N)c(F)c1. The number of hydrogen-bond donors (Lipinski definition) is 1.